The molecule has 0 saturated carbocycles. The Balaban J connectivity index is 1.95. The van der Waals surface area contributed by atoms with Crippen LogP contribution < -0.4 is 13.8 Å². The van der Waals surface area contributed by atoms with Gasteiger partial charge in [-0.25, -0.2) is 21.6 Å². The Labute approximate surface area is 183 Å². The molecule has 3 aromatic carbocycles. The van der Waals surface area contributed by atoms with Crippen molar-refractivity contribution < 1.29 is 21.6 Å². The number of nitrogens with one attached hydrogen (secondary N) is 1. The molecule has 0 amide bonds. The zero-order chi connectivity index (χ0) is 22.6. The molecule has 0 aliphatic heterocycles. The van der Waals surface area contributed by atoms with Crippen LogP contribution in [0.3, 0.4) is 0 Å². The molecule has 1 N–H and O–H groups in total. The molecular formula is C22H24N2O5S2. The van der Waals surface area contributed by atoms with Crippen LogP contribution >= 0.6 is 0 Å². The van der Waals surface area contributed by atoms with E-state index in [9.17, 15) is 16.8 Å². The smallest absolute Gasteiger partial charge is 0.264 e. The summed E-state index contributed by atoms with van der Waals surface area (Å²) in [5.74, 6) is 0.236. The van der Waals surface area contributed by atoms with Gasteiger partial charge in [0.05, 0.1) is 22.6 Å². The molecule has 0 spiro atoms. The van der Waals surface area contributed by atoms with Crippen LogP contribution in [0, 0.1) is 6.92 Å². The third-order valence-electron chi connectivity index (χ3n) is 4.79. The van der Waals surface area contributed by atoms with Crippen molar-refractivity contribution in [3.63, 3.8) is 0 Å². The van der Waals surface area contributed by atoms with Gasteiger partial charge in [-0.15, -0.1) is 0 Å². The van der Waals surface area contributed by atoms with E-state index in [2.05, 4.69) is 4.72 Å². The van der Waals surface area contributed by atoms with Gasteiger partial charge in [0.1, 0.15) is 5.75 Å². The van der Waals surface area contributed by atoms with Crippen molar-refractivity contribution in [2.45, 2.75) is 23.3 Å². The Morgan fingerprint density at radius 3 is 2.10 bits per heavy atom. The quantitative estimate of drug-likeness (QED) is 0.557. The fourth-order valence-electron chi connectivity index (χ4n) is 2.94. The lowest BCUT2D eigenvalue weighted by Gasteiger charge is -2.22. The molecular weight excluding hydrogens is 436 g/mol. The number of hydrogen-bond acceptors (Lipinski definition) is 5. The van der Waals surface area contributed by atoms with Crippen molar-refractivity contribution in [3.8, 4) is 5.75 Å². The van der Waals surface area contributed by atoms with Gasteiger partial charge in [-0.2, -0.15) is 0 Å². The summed E-state index contributed by atoms with van der Waals surface area (Å²) in [6.07, 6.45) is 0. The molecule has 0 aliphatic carbocycles. The number of aryl methyl sites for hydroxylation is 1. The van der Waals surface area contributed by atoms with Crippen LogP contribution in [-0.2, 0) is 26.6 Å². The summed E-state index contributed by atoms with van der Waals surface area (Å²) in [4.78, 5) is 0.0308. The van der Waals surface area contributed by atoms with Crippen molar-refractivity contribution >= 4 is 25.7 Å². The van der Waals surface area contributed by atoms with Crippen LogP contribution in [0.4, 0.5) is 5.69 Å². The molecule has 3 rings (SSSR count). The van der Waals surface area contributed by atoms with Crippen molar-refractivity contribution in [2.24, 2.45) is 0 Å². The second-order valence-electron chi connectivity index (χ2n) is 6.93. The Hall–Kier alpha value is -2.88. The number of benzene rings is 3. The maximum absolute atomic E-state index is 13.1. The summed E-state index contributed by atoms with van der Waals surface area (Å²) in [6.45, 7) is 1.97. The second kappa shape index (κ2) is 9.09. The first-order chi connectivity index (χ1) is 14.6. The van der Waals surface area contributed by atoms with E-state index >= 15 is 0 Å². The van der Waals surface area contributed by atoms with Crippen molar-refractivity contribution in [2.75, 3.05) is 18.5 Å². The highest BCUT2D eigenvalue weighted by Gasteiger charge is 2.26. The van der Waals surface area contributed by atoms with Crippen LogP contribution in [0.5, 0.6) is 5.75 Å². The van der Waals surface area contributed by atoms with Crippen molar-refractivity contribution in [1.82, 2.24) is 4.72 Å². The standard InChI is InChI=1S/C22H24N2O5S2/c1-17-9-11-19(12-10-17)31(27,28)24(2)21-15-20(13-14-22(21)29-3)30(25,26)23-16-18-7-5-4-6-8-18/h4-15,23H,16H2,1-3H3. The van der Waals surface area contributed by atoms with E-state index < -0.39 is 20.0 Å². The van der Waals surface area contributed by atoms with Gasteiger partial charge in [-0.05, 0) is 42.8 Å². The summed E-state index contributed by atoms with van der Waals surface area (Å²) in [6, 6.07) is 19.6. The van der Waals surface area contributed by atoms with Gasteiger partial charge in [-0.1, -0.05) is 48.0 Å². The van der Waals surface area contributed by atoms with E-state index in [0.29, 0.717) is 0 Å². The number of ether oxygens (including phenoxy) is 1. The minimum Gasteiger partial charge on any atom is -0.495 e. The highest BCUT2D eigenvalue weighted by atomic mass is 32.2. The van der Waals surface area contributed by atoms with E-state index in [-0.39, 0.29) is 27.8 Å². The maximum atomic E-state index is 13.1. The zero-order valence-corrected chi connectivity index (χ0v) is 19.1. The van der Waals surface area contributed by atoms with E-state index in [1.807, 2.05) is 37.3 Å². The minimum atomic E-state index is -3.92. The molecule has 0 radical (unpaired) electrons. The molecule has 3 aromatic rings. The average Bonchev–Trinajstić information content (AvgIpc) is 2.77. The van der Waals surface area contributed by atoms with Crippen molar-refractivity contribution in [3.05, 3.63) is 83.9 Å². The van der Waals surface area contributed by atoms with E-state index in [1.165, 1.54) is 44.5 Å². The second-order valence-corrected chi connectivity index (χ2v) is 10.7. The van der Waals surface area contributed by atoms with Gasteiger partial charge >= 0.3 is 0 Å². The molecule has 0 aliphatic rings. The Kier molecular flexibility index (Phi) is 6.68. The number of methoxy groups -OCH3 is 1. The van der Waals surface area contributed by atoms with Gasteiger partial charge < -0.3 is 4.74 Å². The highest BCUT2D eigenvalue weighted by molar-refractivity contribution is 7.92. The fourth-order valence-corrected chi connectivity index (χ4v) is 5.17. The number of anilines is 1. The molecule has 164 valence electrons. The van der Waals surface area contributed by atoms with Crippen molar-refractivity contribution in [1.29, 1.82) is 0 Å². The average molecular weight is 461 g/mol. The first kappa shape index (κ1) is 22.8. The van der Waals surface area contributed by atoms with E-state index in [4.69, 9.17) is 4.74 Å². The Morgan fingerprint density at radius 1 is 0.871 bits per heavy atom. The van der Waals surface area contributed by atoms with Gasteiger partial charge in [0.25, 0.3) is 10.0 Å². The minimum absolute atomic E-state index is 0.0646. The largest absolute Gasteiger partial charge is 0.495 e. The van der Waals surface area contributed by atoms with Crippen LogP contribution in [0.2, 0.25) is 0 Å². The molecule has 0 aromatic heterocycles. The van der Waals surface area contributed by atoms with E-state index in [1.54, 1.807) is 12.1 Å². The lowest BCUT2D eigenvalue weighted by molar-refractivity contribution is 0.415. The lowest BCUT2D eigenvalue weighted by Crippen LogP contribution is -2.28. The lowest BCUT2D eigenvalue weighted by atomic mass is 10.2. The Bertz CT molecular complexity index is 1260. The number of rotatable bonds is 8. The molecule has 7 nitrogen and oxygen atoms in total. The molecule has 9 heteroatoms. The van der Waals surface area contributed by atoms with Crippen LogP contribution in [0.15, 0.2) is 82.6 Å². The summed E-state index contributed by atoms with van der Waals surface area (Å²) < 4.78 is 60.7. The maximum Gasteiger partial charge on any atom is 0.264 e. The normalized spacial score (nSPS) is 11.8. The molecule has 0 bridgehead atoms. The first-order valence-electron chi connectivity index (χ1n) is 9.42. The fraction of sp³-hybridized carbons (Fsp3) is 0.182. The van der Waals surface area contributed by atoms with Gasteiger partial charge in [0, 0.05) is 13.6 Å². The number of hydrogen-bond donors (Lipinski definition) is 1. The third kappa shape index (κ3) is 5.07. The van der Waals surface area contributed by atoms with Crippen LogP contribution in [0.25, 0.3) is 0 Å². The summed E-state index contributed by atoms with van der Waals surface area (Å²) in [7, 11) is -5.05. The predicted octanol–water partition coefficient (Wildman–Crippen LogP) is 3.31. The number of nitrogens with zero attached hydrogens (tertiary/aromatic N) is 1. The zero-order valence-electron chi connectivity index (χ0n) is 17.4. The molecule has 0 fully saturated rings. The monoisotopic (exact) mass is 460 g/mol. The molecule has 0 saturated heterocycles. The van der Waals surface area contributed by atoms with Gasteiger partial charge in [0.15, 0.2) is 0 Å². The van der Waals surface area contributed by atoms with Gasteiger partial charge in [-0.3, -0.25) is 4.31 Å². The highest BCUT2D eigenvalue weighted by Crippen LogP contribution is 2.33. The van der Waals surface area contributed by atoms with E-state index in [0.717, 1.165) is 15.4 Å². The summed E-state index contributed by atoms with van der Waals surface area (Å²) in [5, 5.41) is 0. The molecule has 0 unspecified atom stereocenters. The number of sulfonamides is 2. The van der Waals surface area contributed by atoms with Crippen LogP contribution in [0.1, 0.15) is 11.1 Å². The molecule has 0 heterocycles. The molecule has 31 heavy (non-hydrogen) atoms. The predicted molar refractivity (Wildman–Crippen MR) is 120 cm³/mol. The third-order valence-corrected chi connectivity index (χ3v) is 7.97. The first-order valence-corrected chi connectivity index (χ1v) is 12.3. The van der Waals surface area contributed by atoms with Crippen LogP contribution in [-0.4, -0.2) is 31.0 Å². The van der Waals surface area contributed by atoms with Gasteiger partial charge in [0.2, 0.25) is 10.0 Å². The SMILES string of the molecule is COc1ccc(S(=O)(=O)NCc2ccccc2)cc1N(C)S(=O)(=O)c1ccc(C)cc1. The summed E-state index contributed by atoms with van der Waals surface area (Å²) >= 11 is 0. The topological polar surface area (TPSA) is 92.8 Å². The molecule has 0 atom stereocenters. The summed E-state index contributed by atoms with van der Waals surface area (Å²) in [5.41, 5.74) is 1.85. The Morgan fingerprint density at radius 2 is 1.48 bits per heavy atom.